The number of ether oxygens (including phenoxy) is 2. The van der Waals surface area contributed by atoms with E-state index in [0.29, 0.717) is 45.5 Å². The average Bonchev–Trinajstić information content (AvgIpc) is 3.08. The Bertz CT molecular complexity index is 1280. The zero-order valence-electron chi connectivity index (χ0n) is 19.2. The van der Waals surface area contributed by atoms with Crippen molar-refractivity contribution in [1.29, 1.82) is 0 Å². The predicted octanol–water partition coefficient (Wildman–Crippen LogP) is 7.79. The molecule has 0 atom stereocenters. The fourth-order valence-electron chi connectivity index (χ4n) is 3.47. The first-order chi connectivity index (χ1) is 16.8. The summed E-state index contributed by atoms with van der Waals surface area (Å²) in [7, 11) is 0. The van der Waals surface area contributed by atoms with Gasteiger partial charge in [-0.3, -0.25) is 9.69 Å². The summed E-state index contributed by atoms with van der Waals surface area (Å²) in [5.41, 5.74) is 4.02. The summed E-state index contributed by atoms with van der Waals surface area (Å²) in [5.74, 6) is 1.10. The summed E-state index contributed by atoms with van der Waals surface area (Å²) in [4.78, 5) is 15.3. The molecule has 0 aliphatic carbocycles. The Kier molecular flexibility index (Phi) is 8.55. The lowest BCUT2D eigenvalue weighted by atomic mass is 10.1. The van der Waals surface area contributed by atoms with Crippen molar-refractivity contribution in [2.24, 2.45) is 0 Å². The Morgan fingerprint density at radius 2 is 1.74 bits per heavy atom. The van der Waals surface area contributed by atoms with Crippen LogP contribution in [-0.4, -0.2) is 21.7 Å². The minimum absolute atomic E-state index is 0.0993. The second kappa shape index (κ2) is 11.6. The number of hydrogen-bond donors (Lipinski definition) is 0. The van der Waals surface area contributed by atoms with Gasteiger partial charge in [0.15, 0.2) is 11.5 Å². The van der Waals surface area contributed by atoms with Crippen molar-refractivity contribution in [3.05, 3.63) is 97.3 Å². The van der Waals surface area contributed by atoms with Gasteiger partial charge in [-0.15, -0.1) is 0 Å². The molecule has 0 N–H and O–H groups in total. The van der Waals surface area contributed by atoms with E-state index in [9.17, 15) is 4.79 Å². The Labute approximate surface area is 228 Å². The van der Waals surface area contributed by atoms with Crippen molar-refractivity contribution < 1.29 is 14.3 Å². The summed E-state index contributed by atoms with van der Waals surface area (Å²) >= 11 is 16.4. The van der Waals surface area contributed by atoms with E-state index in [2.05, 4.69) is 15.9 Å². The van der Waals surface area contributed by atoms with E-state index in [-0.39, 0.29) is 5.91 Å². The molecule has 1 aliphatic rings. The molecule has 1 amide bonds. The van der Waals surface area contributed by atoms with Gasteiger partial charge in [0.05, 0.1) is 22.5 Å². The van der Waals surface area contributed by atoms with Crippen LogP contribution >= 0.6 is 51.5 Å². The average molecular weight is 589 g/mol. The summed E-state index contributed by atoms with van der Waals surface area (Å²) in [5, 5.41) is 0.679. The third kappa shape index (κ3) is 6.47. The highest BCUT2D eigenvalue weighted by atomic mass is 79.9. The lowest BCUT2D eigenvalue weighted by Gasteiger charge is -2.15. The first-order valence-corrected chi connectivity index (χ1v) is 13.4. The van der Waals surface area contributed by atoms with E-state index in [1.165, 1.54) is 17.3 Å². The maximum Gasteiger partial charge on any atom is 0.266 e. The number of carbonyl (C=O) groups is 1. The molecule has 1 aliphatic heterocycles. The predicted molar refractivity (Wildman–Crippen MR) is 151 cm³/mol. The van der Waals surface area contributed by atoms with Crippen molar-refractivity contribution in [1.82, 2.24) is 4.90 Å². The van der Waals surface area contributed by atoms with Crippen LogP contribution in [0.5, 0.6) is 11.5 Å². The molecule has 4 rings (SSSR count). The number of thiocarbonyl (C=S) groups is 1. The Balaban J connectivity index is 1.54. The fraction of sp³-hybridized carbons (Fsp3) is 0.185. The van der Waals surface area contributed by atoms with Crippen LogP contribution in [0.3, 0.4) is 0 Å². The van der Waals surface area contributed by atoms with Crippen LogP contribution in [0.1, 0.15) is 29.2 Å². The molecule has 3 aromatic rings. The normalized spacial score (nSPS) is 14.6. The molecule has 0 unspecified atom stereocenters. The van der Waals surface area contributed by atoms with Gasteiger partial charge in [-0.1, -0.05) is 77.5 Å². The summed E-state index contributed by atoms with van der Waals surface area (Å²) in [6, 6.07) is 19.4. The third-order valence-electron chi connectivity index (χ3n) is 5.26. The minimum Gasteiger partial charge on any atom is -0.490 e. The largest absolute Gasteiger partial charge is 0.490 e. The number of carbonyl (C=O) groups excluding carboxylic acids is 1. The van der Waals surface area contributed by atoms with Crippen molar-refractivity contribution in [3.8, 4) is 11.5 Å². The Morgan fingerprint density at radius 3 is 2.43 bits per heavy atom. The van der Waals surface area contributed by atoms with Crippen molar-refractivity contribution in [2.75, 3.05) is 6.61 Å². The van der Waals surface area contributed by atoms with Gasteiger partial charge in [0.25, 0.3) is 5.91 Å². The summed E-state index contributed by atoms with van der Waals surface area (Å²) in [6.45, 7) is 5.25. The molecular weight excluding hydrogens is 566 g/mol. The van der Waals surface area contributed by atoms with E-state index in [1.807, 2.05) is 80.6 Å². The molecule has 4 nitrogen and oxygen atoms in total. The number of rotatable bonds is 8. The smallest absolute Gasteiger partial charge is 0.266 e. The Morgan fingerprint density at radius 1 is 1.06 bits per heavy atom. The number of nitrogens with zero attached hydrogens (tertiary/aromatic N) is 1. The molecule has 0 saturated carbocycles. The number of halogens is 2. The number of hydrogen-bond acceptors (Lipinski definition) is 5. The maximum absolute atomic E-state index is 13.1. The highest BCUT2D eigenvalue weighted by Gasteiger charge is 2.32. The molecule has 1 fully saturated rings. The minimum atomic E-state index is -0.0993. The number of thioether (sulfide) groups is 1. The standard InChI is InChI=1S/C27H23BrClNO3S2/c1-3-32-23-13-20(12-22(28)25(23)33-16-19-8-10-21(29)11-9-19)14-24-26(31)30(27(34)35-24)15-18-6-4-17(2)5-7-18/h4-14H,3,15-16H2,1-2H3/b24-14-. The molecular formula is C27H23BrClNO3S2. The first kappa shape index (κ1) is 25.8. The second-order valence-corrected chi connectivity index (χ2v) is 10.9. The van der Waals surface area contributed by atoms with E-state index < -0.39 is 0 Å². The van der Waals surface area contributed by atoms with Crippen LogP contribution in [0.4, 0.5) is 0 Å². The summed E-state index contributed by atoms with van der Waals surface area (Å²) < 4.78 is 13.2. The summed E-state index contributed by atoms with van der Waals surface area (Å²) in [6.07, 6.45) is 1.84. The number of benzene rings is 3. The molecule has 1 heterocycles. The SMILES string of the molecule is CCOc1cc(/C=C2\SC(=S)N(Cc3ccc(C)cc3)C2=O)cc(Br)c1OCc1ccc(Cl)cc1. The van der Waals surface area contributed by atoms with E-state index in [1.54, 1.807) is 4.90 Å². The van der Waals surface area contributed by atoms with E-state index in [4.69, 9.17) is 33.3 Å². The number of aryl methyl sites for hydroxylation is 1. The lowest BCUT2D eigenvalue weighted by Crippen LogP contribution is -2.27. The number of amides is 1. The zero-order chi connectivity index (χ0) is 24.9. The highest BCUT2D eigenvalue weighted by molar-refractivity contribution is 9.10. The van der Waals surface area contributed by atoms with Gasteiger partial charge in [-0.25, -0.2) is 0 Å². The molecule has 0 spiro atoms. The third-order valence-corrected chi connectivity index (χ3v) is 7.48. The topological polar surface area (TPSA) is 38.8 Å². The van der Waals surface area contributed by atoms with Crippen molar-refractivity contribution in [3.63, 3.8) is 0 Å². The van der Waals surface area contributed by atoms with E-state index >= 15 is 0 Å². The Hall–Kier alpha value is -2.32. The molecule has 180 valence electrons. The van der Waals surface area contributed by atoms with Gasteiger partial charge >= 0.3 is 0 Å². The van der Waals surface area contributed by atoms with Gasteiger partial charge < -0.3 is 9.47 Å². The van der Waals surface area contributed by atoms with Gasteiger partial charge in [-0.05, 0) is 76.8 Å². The lowest BCUT2D eigenvalue weighted by molar-refractivity contribution is -0.122. The highest BCUT2D eigenvalue weighted by Crippen LogP contribution is 2.40. The monoisotopic (exact) mass is 587 g/mol. The van der Waals surface area contributed by atoms with Crippen molar-refractivity contribution >= 4 is 67.8 Å². The van der Waals surface area contributed by atoms with Gasteiger partial charge in [0, 0.05) is 5.02 Å². The quantitative estimate of drug-likeness (QED) is 0.198. The second-order valence-electron chi connectivity index (χ2n) is 7.93. The molecule has 3 aromatic carbocycles. The van der Waals surface area contributed by atoms with Crippen LogP contribution < -0.4 is 9.47 Å². The zero-order valence-corrected chi connectivity index (χ0v) is 23.2. The van der Waals surface area contributed by atoms with Crippen LogP contribution in [0, 0.1) is 6.92 Å². The van der Waals surface area contributed by atoms with Crippen LogP contribution in [0.25, 0.3) is 6.08 Å². The van der Waals surface area contributed by atoms with Crippen LogP contribution in [0.2, 0.25) is 5.02 Å². The molecule has 1 saturated heterocycles. The van der Waals surface area contributed by atoms with Crippen LogP contribution in [-0.2, 0) is 17.9 Å². The van der Waals surface area contributed by atoms with Gasteiger partial charge in [0.2, 0.25) is 0 Å². The first-order valence-electron chi connectivity index (χ1n) is 11.0. The van der Waals surface area contributed by atoms with Crippen LogP contribution in [0.15, 0.2) is 70.0 Å². The van der Waals surface area contributed by atoms with E-state index in [0.717, 1.165) is 21.2 Å². The van der Waals surface area contributed by atoms with Crippen molar-refractivity contribution in [2.45, 2.75) is 27.0 Å². The van der Waals surface area contributed by atoms with Gasteiger partial charge in [-0.2, -0.15) is 0 Å². The molecule has 8 heteroatoms. The molecule has 0 radical (unpaired) electrons. The fourth-order valence-corrected chi connectivity index (χ4v) is 5.43. The molecule has 35 heavy (non-hydrogen) atoms. The molecule has 0 bridgehead atoms. The maximum atomic E-state index is 13.1. The molecule has 0 aromatic heterocycles. The van der Waals surface area contributed by atoms with Gasteiger partial charge in [0.1, 0.15) is 10.9 Å².